The van der Waals surface area contributed by atoms with Gasteiger partial charge in [-0.2, -0.15) is 0 Å². The van der Waals surface area contributed by atoms with Gasteiger partial charge in [0.1, 0.15) is 5.75 Å². The van der Waals surface area contributed by atoms with Crippen LogP contribution in [0.4, 0.5) is 5.69 Å². The van der Waals surface area contributed by atoms with Crippen molar-refractivity contribution < 1.29 is 19.0 Å². The van der Waals surface area contributed by atoms with E-state index in [-0.39, 0.29) is 5.91 Å². The largest absolute Gasteiger partial charge is 0.497 e. The summed E-state index contributed by atoms with van der Waals surface area (Å²) in [5.41, 5.74) is 1.17. The molecule has 0 fully saturated rings. The minimum atomic E-state index is -0.221. The number of hydrogen-bond donors (Lipinski definition) is 1. The zero-order valence-corrected chi connectivity index (χ0v) is 16.0. The molecule has 1 amide bonds. The molecule has 0 saturated heterocycles. The molecule has 0 saturated carbocycles. The van der Waals surface area contributed by atoms with Crippen LogP contribution in [0.1, 0.15) is 23.7 Å². The first-order valence-electron chi connectivity index (χ1n) is 7.54. The van der Waals surface area contributed by atoms with Gasteiger partial charge in [0.15, 0.2) is 11.5 Å². The molecule has 0 unspecified atom stereocenters. The average Bonchev–Trinajstić information content (AvgIpc) is 2.60. The van der Waals surface area contributed by atoms with E-state index in [1.54, 1.807) is 38.5 Å². The van der Waals surface area contributed by atoms with Gasteiger partial charge in [-0.05, 0) is 53.3 Å². The first-order chi connectivity index (χ1) is 11.6. The van der Waals surface area contributed by atoms with E-state index in [0.29, 0.717) is 35.1 Å². The van der Waals surface area contributed by atoms with E-state index in [4.69, 9.17) is 14.2 Å². The number of halogens is 1. The number of amides is 1. The monoisotopic (exact) mass is 441 g/mol. The van der Waals surface area contributed by atoms with Crippen LogP contribution in [0.3, 0.4) is 0 Å². The van der Waals surface area contributed by atoms with Crippen molar-refractivity contribution in [2.45, 2.75) is 13.3 Å². The van der Waals surface area contributed by atoms with Gasteiger partial charge in [-0.15, -0.1) is 0 Å². The summed E-state index contributed by atoms with van der Waals surface area (Å²) in [6.07, 6.45) is 0.900. The molecule has 0 heterocycles. The lowest BCUT2D eigenvalue weighted by Gasteiger charge is -2.14. The van der Waals surface area contributed by atoms with Crippen molar-refractivity contribution in [3.8, 4) is 17.2 Å². The molecule has 5 nitrogen and oxygen atoms in total. The Morgan fingerprint density at radius 1 is 1.17 bits per heavy atom. The first-order valence-corrected chi connectivity index (χ1v) is 8.62. The molecule has 0 bridgehead atoms. The predicted molar refractivity (Wildman–Crippen MR) is 102 cm³/mol. The molecule has 0 aromatic heterocycles. The van der Waals surface area contributed by atoms with Gasteiger partial charge in [-0.1, -0.05) is 13.0 Å². The third-order valence-corrected chi connectivity index (χ3v) is 4.07. The van der Waals surface area contributed by atoms with Gasteiger partial charge < -0.3 is 19.5 Å². The Hall–Kier alpha value is -1.96. The van der Waals surface area contributed by atoms with Crippen LogP contribution in [-0.2, 0) is 0 Å². The van der Waals surface area contributed by atoms with Crippen molar-refractivity contribution in [2.75, 3.05) is 26.1 Å². The summed E-state index contributed by atoms with van der Waals surface area (Å²) in [6.45, 7) is 2.64. The van der Waals surface area contributed by atoms with Gasteiger partial charge in [0.2, 0.25) is 0 Å². The van der Waals surface area contributed by atoms with E-state index < -0.39 is 0 Å². The zero-order chi connectivity index (χ0) is 17.5. The molecule has 0 aliphatic rings. The standard InChI is InChI=1S/C18H20INO4/c1-4-8-24-17-15(19)9-12(10-16(17)23-3)18(21)20-13-6-5-7-14(11-13)22-2/h5-7,9-11H,4,8H2,1-3H3,(H,20,21). The number of nitrogens with one attached hydrogen (secondary N) is 1. The SMILES string of the molecule is CCCOc1c(I)cc(C(=O)Nc2cccc(OC)c2)cc1OC. The molecule has 0 atom stereocenters. The number of carbonyl (C=O) groups is 1. The van der Waals surface area contributed by atoms with Gasteiger partial charge in [0.25, 0.3) is 5.91 Å². The minimum Gasteiger partial charge on any atom is -0.497 e. The zero-order valence-electron chi connectivity index (χ0n) is 13.9. The topological polar surface area (TPSA) is 56.8 Å². The van der Waals surface area contributed by atoms with Crippen LogP contribution in [0.15, 0.2) is 36.4 Å². The number of hydrogen-bond acceptors (Lipinski definition) is 4. The molecule has 0 aliphatic carbocycles. The third kappa shape index (κ3) is 4.53. The number of ether oxygens (including phenoxy) is 3. The van der Waals surface area contributed by atoms with Gasteiger partial charge in [0.05, 0.1) is 24.4 Å². The highest BCUT2D eigenvalue weighted by molar-refractivity contribution is 14.1. The Balaban J connectivity index is 2.24. The van der Waals surface area contributed by atoms with Crippen molar-refractivity contribution in [1.29, 1.82) is 0 Å². The second-order valence-corrected chi connectivity index (χ2v) is 6.19. The second-order valence-electron chi connectivity index (χ2n) is 5.02. The van der Waals surface area contributed by atoms with Gasteiger partial charge in [-0.25, -0.2) is 0 Å². The summed E-state index contributed by atoms with van der Waals surface area (Å²) in [6, 6.07) is 10.7. The molecule has 128 valence electrons. The van der Waals surface area contributed by atoms with Crippen LogP contribution in [0.25, 0.3) is 0 Å². The maximum Gasteiger partial charge on any atom is 0.255 e. The predicted octanol–water partition coefficient (Wildman–Crippen LogP) is 4.35. The summed E-state index contributed by atoms with van der Waals surface area (Å²) in [5, 5.41) is 2.86. The van der Waals surface area contributed by atoms with E-state index in [2.05, 4.69) is 27.9 Å². The normalized spacial score (nSPS) is 10.2. The molecule has 0 radical (unpaired) electrons. The van der Waals surface area contributed by atoms with E-state index in [0.717, 1.165) is 9.99 Å². The number of rotatable bonds is 7. The van der Waals surface area contributed by atoms with E-state index in [1.165, 1.54) is 0 Å². The Bertz CT molecular complexity index is 718. The van der Waals surface area contributed by atoms with Crippen molar-refractivity contribution in [3.05, 3.63) is 45.5 Å². The summed E-state index contributed by atoms with van der Waals surface area (Å²) in [7, 11) is 3.15. The lowest BCUT2D eigenvalue weighted by Crippen LogP contribution is -2.13. The molecule has 1 N–H and O–H groups in total. The smallest absolute Gasteiger partial charge is 0.255 e. The molecule has 2 aromatic rings. The lowest BCUT2D eigenvalue weighted by molar-refractivity contribution is 0.102. The fourth-order valence-corrected chi connectivity index (χ4v) is 2.86. The maximum atomic E-state index is 12.5. The Morgan fingerprint density at radius 3 is 2.62 bits per heavy atom. The maximum absolute atomic E-state index is 12.5. The minimum absolute atomic E-state index is 0.221. The molecule has 2 aromatic carbocycles. The lowest BCUT2D eigenvalue weighted by atomic mass is 10.1. The Morgan fingerprint density at radius 2 is 1.96 bits per heavy atom. The molecule has 6 heteroatoms. The molecule has 2 rings (SSSR count). The van der Waals surface area contributed by atoms with Crippen LogP contribution in [-0.4, -0.2) is 26.7 Å². The summed E-state index contributed by atoms with van der Waals surface area (Å²) < 4.78 is 17.1. The van der Waals surface area contributed by atoms with E-state index in [1.807, 2.05) is 19.1 Å². The van der Waals surface area contributed by atoms with Crippen molar-refractivity contribution >= 4 is 34.2 Å². The second kappa shape index (κ2) is 8.77. The highest BCUT2D eigenvalue weighted by atomic mass is 127. The highest BCUT2D eigenvalue weighted by Crippen LogP contribution is 2.34. The number of methoxy groups -OCH3 is 2. The molecule has 0 aliphatic heterocycles. The van der Waals surface area contributed by atoms with Crippen molar-refractivity contribution in [3.63, 3.8) is 0 Å². The first kappa shape index (κ1) is 18.4. The summed E-state index contributed by atoms with van der Waals surface area (Å²) in [5.74, 6) is 1.67. The van der Waals surface area contributed by atoms with Crippen molar-refractivity contribution in [2.24, 2.45) is 0 Å². The van der Waals surface area contributed by atoms with Crippen LogP contribution in [0.2, 0.25) is 0 Å². The van der Waals surface area contributed by atoms with Gasteiger partial charge >= 0.3 is 0 Å². The molecular weight excluding hydrogens is 421 g/mol. The summed E-state index contributed by atoms with van der Waals surface area (Å²) in [4.78, 5) is 12.5. The van der Waals surface area contributed by atoms with Crippen LogP contribution in [0, 0.1) is 3.57 Å². The number of carbonyl (C=O) groups excluding carboxylic acids is 1. The van der Waals surface area contributed by atoms with Crippen LogP contribution in [0.5, 0.6) is 17.2 Å². The van der Waals surface area contributed by atoms with E-state index in [9.17, 15) is 4.79 Å². The van der Waals surface area contributed by atoms with Gasteiger partial charge in [0, 0.05) is 17.3 Å². The third-order valence-electron chi connectivity index (χ3n) is 3.27. The number of anilines is 1. The molecular formula is C18H20INO4. The summed E-state index contributed by atoms with van der Waals surface area (Å²) >= 11 is 2.15. The Labute approximate surface area is 155 Å². The molecule has 24 heavy (non-hydrogen) atoms. The van der Waals surface area contributed by atoms with Crippen LogP contribution < -0.4 is 19.5 Å². The van der Waals surface area contributed by atoms with Crippen LogP contribution >= 0.6 is 22.6 Å². The highest BCUT2D eigenvalue weighted by Gasteiger charge is 2.16. The fraction of sp³-hybridized carbons (Fsp3) is 0.278. The quantitative estimate of drug-likeness (QED) is 0.650. The Kier molecular flexibility index (Phi) is 6.72. The number of benzene rings is 2. The van der Waals surface area contributed by atoms with Crippen molar-refractivity contribution in [1.82, 2.24) is 0 Å². The average molecular weight is 441 g/mol. The fourth-order valence-electron chi connectivity index (χ4n) is 2.10. The van der Waals surface area contributed by atoms with Gasteiger partial charge in [-0.3, -0.25) is 4.79 Å². The van der Waals surface area contributed by atoms with E-state index >= 15 is 0 Å². The molecule has 0 spiro atoms.